The van der Waals surface area contributed by atoms with Crippen molar-refractivity contribution < 1.29 is 9.59 Å². The van der Waals surface area contributed by atoms with Crippen LogP contribution < -0.4 is 0 Å². The summed E-state index contributed by atoms with van der Waals surface area (Å²) in [7, 11) is 3.28. The van der Waals surface area contributed by atoms with Gasteiger partial charge in [-0.15, -0.1) is 0 Å². The molecular formula is C10H20N2O2. The fourth-order valence-corrected chi connectivity index (χ4v) is 0.771. The molecule has 0 aromatic rings. The van der Waals surface area contributed by atoms with E-state index in [1.54, 1.807) is 14.1 Å². The number of carbonyl (C=O) groups is 2. The van der Waals surface area contributed by atoms with Crippen LogP contribution in [0.15, 0.2) is 0 Å². The third-order valence-electron chi connectivity index (χ3n) is 2.37. The molecule has 2 amide bonds. The first kappa shape index (κ1) is 12.9. The Balaban J connectivity index is 4.48. The summed E-state index contributed by atoms with van der Waals surface area (Å²) in [6.07, 6.45) is 0. The standard InChI is InChI=1S/C10H20N2O2/c1-7(2)11(5)9(13)10(14)12(6)8(3)4/h7-8H,1-6H3. The lowest BCUT2D eigenvalue weighted by Crippen LogP contribution is -2.46. The number of rotatable bonds is 2. The van der Waals surface area contributed by atoms with Crippen molar-refractivity contribution in [2.75, 3.05) is 14.1 Å². The molecule has 0 aliphatic heterocycles. The van der Waals surface area contributed by atoms with Crippen LogP contribution in [0.25, 0.3) is 0 Å². The lowest BCUT2D eigenvalue weighted by atomic mass is 10.3. The summed E-state index contributed by atoms with van der Waals surface area (Å²) in [5.74, 6) is -0.896. The van der Waals surface area contributed by atoms with E-state index in [0.717, 1.165) is 0 Å². The van der Waals surface area contributed by atoms with E-state index in [2.05, 4.69) is 0 Å². The van der Waals surface area contributed by atoms with Crippen molar-refractivity contribution in [3.8, 4) is 0 Å². The number of hydrogen-bond donors (Lipinski definition) is 0. The van der Waals surface area contributed by atoms with Gasteiger partial charge in [0.25, 0.3) is 0 Å². The monoisotopic (exact) mass is 200 g/mol. The minimum atomic E-state index is -0.448. The number of nitrogens with zero attached hydrogens (tertiary/aromatic N) is 2. The average molecular weight is 200 g/mol. The van der Waals surface area contributed by atoms with Crippen LogP contribution in [0.2, 0.25) is 0 Å². The molecule has 4 heteroatoms. The summed E-state index contributed by atoms with van der Waals surface area (Å²) in [5, 5.41) is 0. The van der Waals surface area contributed by atoms with Gasteiger partial charge in [-0.1, -0.05) is 0 Å². The third-order valence-corrected chi connectivity index (χ3v) is 2.37. The zero-order valence-corrected chi connectivity index (χ0v) is 9.87. The zero-order chi connectivity index (χ0) is 11.5. The van der Waals surface area contributed by atoms with E-state index >= 15 is 0 Å². The molecule has 82 valence electrons. The minimum Gasteiger partial charge on any atom is -0.335 e. The molecule has 0 bridgehead atoms. The van der Waals surface area contributed by atoms with Crippen molar-refractivity contribution >= 4 is 11.8 Å². The summed E-state index contributed by atoms with van der Waals surface area (Å²) in [6.45, 7) is 7.50. The number of hydrogen-bond acceptors (Lipinski definition) is 2. The molecule has 0 aliphatic rings. The lowest BCUT2D eigenvalue weighted by Gasteiger charge is -2.26. The van der Waals surface area contributed by atoms with E-state index in [1.807, 2.05) is 27.7 Å². The predicted molar refractivity (Wildman–Crippen MR) is 55.8 cm³/mol. The normalized spacial score (nSPS) is 10.6. The Morgan fingerprint density at radius 1 is 0.786 bits per heavy atom. The Bertz CT molecular complexity index is 200. The van der Waals surface area contributed by atoms with Gasteiger partial charge in [0.2, 0.25) is 0 Å². The Hall–Kier alpha value is -1.06. The van der Waals surface area contributed by atoms with Gasteiger partial charge in [0.05, 0.1) is 0 Å². The van der Waals surface area contributed by atoms with E-state index in [-0.39, 0.29) is 12.1 Å². The van der Waals surface area contributed by atoms with Crippen molar-refractivity contribution in [3.05, 3.63) is 0 Å². The Morgan fingerprint density at radius 2 is 1.00 bits per heavy atom. The van der Waals surface area contributed by atoms with Crippen molar-refractivity contribution in [3.63, 3.8) is 0 Å². The molecule has 0 saturated heterocycles. The predicted octanol–water partition coefficient (Wildman–Crippen LogP) is 0.720. The van der Waals surface area contributed by atoms with Crippen molar-refractivity contribution in [1.29, 1.82) is 0 Å². The number of carbonyl (C=O) groups excluding carboxylic acids is 2. The van der Waals surface area contributed by atoms with Crippen LogP contribution in [0.3, 0.4) is 0 Å². The van der Waals surface area contributed by atoms with Gasteiger partial charge in [0.1, 0.15) is 0 Å². The maximum atomic E-state index is 11.6. The third kappa shape index (κ3) is 3.01. The Labute approximate surface area is 85.9 Å². The Morgan fingerprint density at radius 3 is 1.14 bits per heavy atom. The highest BCUT2D eigenvalue weighted by Crippen LogP contribution is 2.00. The van der Waals surface area contributed by atoms with E-state index in [4.69, 9.17) is 0 Å². The summed E-state index contributed by atoms with van der Waals surface area (Å²) in [4.78, 5) is 26.0. The smallest absolute Gasteiger partial charge is 0.312 e. The second kappa shape index (κ2) is 4.98. The molecular weight excluding hydrogens is 180 g/mol. The second-order valence-electron chi connectivity index (χ2n) is 4.02. The second-order valence-corrected chi connectivity index (χ2v) is 4.02. The number of amides is 2. The van der Waals surface area contributed by atoms with Crippen molar-refractivity contribution in [2.45, 2.75) is 39.8 Å². The zero-order valence-electron chi connectivity index (χ0n) is 9.87. The van der Waals surface area contributed by atoms with Gasteiger partial charge in [-0.05, 0) is 27.7 Å². The maximum Gasteiger partial charge on any atom is 0.312 e. The molecule has 0 saturated carbocycles. The summed E-state index contributed by atoms with van der Waals surface area (Å²) in [5.41, 5.74) is 0. The van der Waals surface area contributed by atoms with Crippen LogP contribution in [0, 0.1) is 0 Å². The minimum absolute atomic E-state index is 0.0482. The highest BCUT2D eigenvalue weighted by atomic mass is 16.2. The van der Waals surface area contributed by atoms with Gasteiger partial charge < -0.3 is 9.80 Å². The van der Waals surface area contributed by atoms with Crippen LogP contribution in [0.1, 0.15) is 27.7 Å². The molecule has 0 rings (SSSR count). The SMILES string of the molecule is CC(C)N(C)C(=O)C(=O)N(C)C(C)C. The average Bonchev–Trinajstić information content (AvgIpc) is 2.12. The molecule has 0 heterocycles. The summed E-state index contributed by atoms with van der Waals surface area (Å²) < 4.78 is 0. The van der Waals surface area contributed by atoms with Crippen LogP contribution in [0.4, 0.5) is 0 Å². The van der Waals surface area contributed by atoms with Crippen molar-refractivity contribution in [1.82, 2.24) is 9.80 Å². The molecule has 0 fully saturated rings. The van der Waals surface area contributed by atoms with Crippen LogP contribution in [-0.2, 0) is 9.59 Å². The first-order valence-corrected chi connectivity index (χ1v) is 4.83. The Kier molecular flexibility index (Phi) is 4.60. The molecule has 0 spiro atoms. The van der Waals surface area contributed by atoms with Crippen LogP contribution >= 0.6 is 0 Å². The first-order valence-electron chi connectivity index (χ1n) is 4.83. The molecule has 14 heavy (non-hydrogen) atoms. The molecule has 0 unspecified atom stereocenters. The van der Waals surface area contributed by atoms with Gasteiger partial charge in [0, 0.05) is 26.2 Å². The van der Waals surface area contributed by atoms with E-state index in [9.17, 15) is 9.59 Å². The van der Waals surface area contributed by atoms with E-state index < -0.39 is 11.8 Å². The van der Waals surface area contributed by atoms with Crippen molar-refractivity contribution in [2.24, 2.45) is 0 Å². The molecule has 0 aromatic heterocycles. The quantitative estimate of drug-likeness (QED) is 0.616. The fraction of sp³-hybridized carbons (Fsp3) is 0.800. The van der Waals surface area contributed by atoms with E-state index in [0.29, 0.717) is 0 Å². The van der Waals surface area contributed by atoms with Gasteiger partial charge in [-0.2, -0.15) is 0 Å². The molecule has 0 aliphatic carbocycles. The van der Waals surface area contributed by atoms with Gasteiger partial charge >= 0.3 is 11.8 Å². The molecule has 0 N–H and O–H groups in total. The van der Waals surface area contributed by atoms with Gasteiger partial charge in [0.15, 0.2) is 0 Å². The molecule has 0 atom stereocenters. The highest BCUT2D eigenvalue weighted by molar-refractivity contribution is 6.34. The fourth-order valence-electron chi connectivity index (χ4n) is 0.771. The van der Waals surface area contributed by atoms with Crippen LogP contribution in [0.5, 0.6) is 0 Å². The van der Waals surface area contributed by atoms with Gasteiger partial charge in [-0.25, -0.2) is 0 Å². The number of likely N-dealkylation sites (N-methyl/N-ethyl adjacent to an activating group) is 2. The molecule has 0 aromatic carbocycles. The van der Waals surface area contributed by atoms with E-state index in [1.165, 1.54) is 9.80 Å². The first-order chi connectivity index (χ1) is 6.29. The topological polar surface area (TPSA) is 40.6 Å². The highest BCUT2D eigenvalue weighted by Gasteiger charge is 2.25. The molecule has 4 nitrogen and oxygen atoms in total. The molecule has 0 radical (unpaired) electrons. The lowest BCUT2D eigenvalue weighted by molar-refractivity contribution is -0.152. The maximum absolute atomic E-state index is 11.6. The largest absolute Gasteiger partial charge is 0.335 e. The summed E-state index contributed by atoms with van der Waals surface area (Å²) >= 11 is 0. The van der Waals surface area contributed by atoms with Gasteiger partial charge in [-0.3, -0.25) is 9.59 Å². The summed E-state index contributed by atoms with van der Waals surface area (Å²) in [6, 6.07) is 0.0963. The van der Waals surface area contributed by atoms with Crippen LogP contribution in [-0.4, -0.2) is 47.8 Å².